The summed E-state index contributed by atoms with van der Waals surface area (Å²) in [5, 5.41) is 3.10. The number of hydrogen-bond donors (Lipinski definition) is 1. The maximum absolute atomic E-state index is 12.6. The molecule has 6 nitrogen and oxygen atoms in total. The van der Waals surface area contributed by atoms with Crippen LogP contribution in [0.5, 0.6) is 5.75 Å². The van der Waals surface area contributed by atoms with Gasteiger partial charge in [0.25, 0.3) is 0 Å². The fraction of sp³-hybridized carbons (Fsp3) is 0.556. The van der Waals surface area contributed by atoms with Crippen LogP contribution in [0.15, 0.2) is 29.2 Å². The molecule has 2 saturated heterocycles. The maximum atomic E-state index is 12.6. The smallest absolute Gasteiger partial charge is 0.236 e. The van der Waals surface area contributed by atoms with Gasteiger partial charge in [-0.05, 0) is 31.0 Å². The van der Waals surface area contributed by atoms with E-state index in [1.165, 1.54) is 11.8 Å². The zero-order valence-corrected chi connectivity index (χ0v) is 16.6. The van der Waals surface area contributed by atoms with Gasteiger partial charge in [0.2, 0.25) is 11.8 Å². The lowest BCUT2D eigenvalue weighted by Crippen LogP contribution is -2.57. The number of benzene rings is 1. The summed E-state index contributed by atoms with van der Waals surface area (Å²) in [6.45, 7) is 3.43. The van der Waals surface area contributed by atoms with Crippen molar-refractivity contribution in [2.45, 2.75) is 23.8 Å². The summed E-state index contributed by atoms with van der Waals surface area (Å²) in [6, 6.07) is 7.91. The molecule has 8 heteroatoms. The molecular formula is C18H26ClN3O3S. The first-order chi connectivity index (χ1) is 12.2. The Balaban J connectivity index is 0.00000243. The first-order valence-electron chi connectivity index (χ1n) is 8.72. The van der Waals surface area contributed by atoms with E-state index in [0.717, 1.165) is 43.1 Å². The van der Waals surface area contributed by atoms with Crippen LogP contribution in [-0.2, 0) is 9.59 Å². The molecule has 2 aliphatic heterocycles. The molecule has 0 aromatic heterocycles. The topological polar surface area (TPSA) is 61.9 Å². The van der Waals surface area contributed by atoms with Gasteiger partial charge in [0, 0.05) is 37.1 Å². The molecule has 1 atom stereocenters. The fourth-order valence-electron chi connectivity index (χ4n) is 3.37. The lowest BCUT2D eigenvalue weighted by atomic mass is 10.0. The number of thioether (sulfide) groups is 1. The van der Waals surface area contributed by atoms with Crippen molar-refractivity contribution in [3.8, 4) is 5.75 Å². The van der Waals surface area contributed by atoms with Gasteiger partial charge in [-0.2, -0.15) is 0 Å². The highest BCUT2D eigenvalue weighted by Gasteiger charge is 2.31. The minimum absolute atomic E-state index is 0. The van der Waals surface area contributed by atoms with Crippen LogP contribution in [0, 0.1) is 0 Å². The van der Waals surface area contributed by atoms with Crippen LogP contribution in [0.1, 0.15) is 12.8 Å². The van der Waals surface area contributed by atoms with Crippen molar-refractivity contribution in [2.24, 2.45) is 0 Å². The molecule has 2 aliphatic rings. The Hall–Kier alpha value is -1.44. The minimum atomic E-state index is 0. The van der Waals surface area contributed by atoms with E-state index in [4.69, 9.17) is 4.74 Å². The third-order valence-corrected chi connectivity index (χ3v) is 5.70. The molecular weight excluding hydrogens is 374 g/mol. The second-order valence-corrected chi connectivity index (χ2v) is 7.42. The van der Waals surface area contributed by atoms with E-state index in [-0.39, 0.29) is 30.3 Å². The predicted octanol–water partition coefficient (Wildman–Crippen LogP) is 1.63. The summed E-state index contributed by atoms with van der Waals surface area (Å²) >= 11 is 1.53. The van der Waals surface area contributed by atoms with E-state index >= 15 is 0 Å². The van der Waals surface area contributed by atoms with Crippen LogP contribution in [0.25, 0.3) is 0 Å². The molecule has 1 aromatic rings. The number of ether oxygens (including phenoxy) is 1. The second kappa shape index (κ2) is 10.0. The molecule has 0 spiro atoms. The van der Waals surface area contributed by atoms with Gasteiger partial charge in [0.05, 0.1) is 19.4 Å². The number of hydrogen-bond acceptors (Lipinski definition) is 5. The molecule has 2 heterocycles. The van der Waals surface area contributed by atoms with Crippen LogP contribution in [0.4, 0.5) is 0 Å². The second-order valence-electron chi connectivity index (χ2n) is 6.37. The highest BCUT2D eigenvalue weighted by atomic mass is 35.5. The number of piperazine rings is 1. The Morgan fingerprint density at radius 3 is 3.00 bits per heavy atom. The Bertz CT molecular complexity index is 631. The first-order valence-corrected chi connectivity index (χ1v) is 9.71. The lowest BCUT2D eigenvalue weighted by molar-refractivity contribution is -0.139. The Morgan fingerprint density at radius 2 is 2.23 bits per heavy atom. The number of rotatable bonds is 5. The molecule has 26 heavy (non-hydrogen) atoms. The van der Waals surface area contributed by atoms with Crippen LogP contribution < -0.4 is 10.1 Å². The average molecular weight is 400 g/mol. The van der Waals surface area contributed by atoms with Gasteiger partial charge < -0.3 is 19.9 Å². The van der Waals surface area contributed by atoms with Gasteiger partial charge in [-0.25, -0.2) is 0 Å². The number of nitrogens with one attached hydrogen (secondary N) is 1. The van der Waals surface area contributed by atoms with Crippen molar-refractivity contribution in [3.63, 3.8) is 0 Å². The van der Waals surface area contributed by atoms with E-state index in [1.807, 2.05) is 34.1 Å². The van der Waals surface area contributed by atoms with E-state index in [9.17, 15) is 9.59 Å². The summed E-state index contributed by atoms with van der Waals surface area (Å²) in [5.41, 5.74) is 0. The largest absolute Gasteiger partial charge is 0.497 e. The average Bonchev–Trinajstić information content (AvgIpc) is 2.66. The maximum Gasteiger partial charge on any atom is 0.236 e. The van der Waals surface area contributed by atoms with Gasteiger partial charge in [-0.1, -0.05) is 6.07 Å². The molecule has 0 aliphatic carbocycles. The number of carbonyl (C=O) groups is 2. The van der Waals surface area contributed by atoms with E-state index in [2.05, 4.69) is 5.32 Å². The molecule has 0 radical (unpaired) electrons. The number of piperidine rings is 1. The normalized spacial score (nSPS) is 20.5. The Labute approximate surface area is 165 Å². The van der Waals surface area contributed by atoms with Crippen LogP contribution in [0.3, 0.4) is 0 Å². The summed E-state index contributed by atoms with van der Waals surface area (Å²) in [4.78, 5) is 29.6. The van der Waals surface area contributed by atoms with Crippen LogP contribution in [-0.4, -0.2) is 73.2 Å². The number of nitrogens with zero attached hydrogens (tertiary/aromatic N) is 2. The van der Waals surface area contributed by atoms with Crippen molar-refractivity contribution in [3.05, 3.63) is 24.3 Å². The highest BCUT2D eigenvalue weighted by molar-refractivity contribution is 8.00. The van der Waals surface area contributed by atoms with Crippen LogP contribution >= 0.6 is 24.2 Å². The Kier molecular flexibility index (Phi) is 8.06. The van der Waals surface area contributed by atoms with Crippen molar-refractivity contribution < 1.29 is 14.3 Å². The highest BCUT2D eigenvalue weighted by Crippen LogP contribution is 2.24. The van der Waals surface area contributed by atoms with Crippen molar-refractivity contribution in [2.75, 3.05) is 45.6 Å². The summed E-state index contributed by atoms with van der Waals surface area (Å²) in [7, 11) is 1.64. The van der Waals surface area contributed by atoms with Crippen molar-refractivity contribution >= 4 is 36.0 Å². The zero-order valence-electron chi connectivity index (χ0n) is 15.0. The summed E-state index contributed by atoms with van der Waals surface area (Å²) < 4.78 is 5.22. The predicted molar refractivity (Wildman–Crippen MR) is 105 cm³/mol. The molecule has 1 aromatic carbocycles. The van der Waals surface area contributed by atoms with E-state index in [0.29, 0.717) is 18.8 Å². The van der Waals surface area contributed by atoms with Gasteiger partial charge in [-0.3, -0.25) is 9.59 Å². The molecule has 144 valence electrons. The van der Waals surface area contributed by atoms with Gasteiger partial charge >= 0.3 is 0 Å². The molecule has 2 fully saturated rings. The molecule has 0 bridgehead atoms. The number of halogens is 1. The Morgan fingerprint density at radius 1 is 1.38 bits per heavy atom. The third-order valence-electron chi connectivity index (χ3n) is 4.72. The van der Waals surface area contributed by atoms with Gasteiger partial charge in [0.15, 0.2) is 0 Å². The summed E-state index contributed by atoms with van der Waals surface area (Å²) in [6.07, 6.45) is 1.94. The van der Waals surface area contributed by atoms with Crippen molar-refractivity contribution in [1.82, 2.24) is 15.1 Å². The number of methoxy groups -OCH3 is 1. The first kappa shape index (κ1) is 20.9. The van der Waals surface area contributed by atoms with Crippen LogP contribution in [0.2, 0.25) is 0 Å². The quantitative estimate of drug-likeness (QED) is 0.762. The number of carbonyl (C=O) groups excluding carboxylic acids is 2. The monoisotopic (exact) mass is 399 g/mol. The standard InChI is InChI=1S/C18H25N3O3S.ClH/c1-24-15-5-2-6-16(10-15)25-13-18(23)20-8-3-4-14(12-20)21-9-7-19-11-17(21)22;/h2,5-6,10,14,19H,3-4,7-9,11-13H2,1H3;1H. The number of likely N-dealkylation sites (tertiary alicyclic amines) is 1. The number of amides is 2. The molecule has 1 unspecified atom stereocenters. The molecule has 0 saturated carbocycles. The third kappa shape index (κ3) is 5.28. The SMILES string of the molecule is COc1cccc(SCC(=O)N2CCCC(N3CCNCC3=O)C2)c1.Cl. The molecule has 3 rings (SSSR count). The molecule has 2 amide bonds. The van der Waals surface area contributed by atoms with Gasteiger partial charge in [-0.15, -0.1) is 24.2 Å². The van der Waals surface area contributed by atoms with E-state index in [1.54, 1.807) is 7.11 Å². The lowest BCUT2D eigenvalue weighted by Gasteiger charge is -2.41. The minimum Gasteiger partial charge on any atom is -0.497 e. The van der Waals surface area contributed by atoms with Crippen molar-refractivity contribution in [1.29, 1.82) is 0 Å². The molecule has 1 N–H and O–H groups in total. The summed E-state index contributed by atoms with van der Waals surface area (Å²) in [5.74, 6) is 1.50. The zero-order chi connectivity index (χ0) is 17.6. The fourth-order valence-corrected chi connectivity index (χ4v) is 4.22. The van der Waals surface area contributed by atoms with Gasteiger partial charge in [0.1, 0.15) is 5.75 Å². The van der Waals surface area contributed by atoms with E-state index < -0.39 is 0 Å².